The fourth-order valence-electron chi connectivity index (χ4n) is 3.21. The zero-order valence-electron chi connectivity index (χ0n) is 15.5. The van der Waals surface area contributed by atoms with Gasteiger partial charge in [0.25, 0.3) is 0 Å². The summed E-state index contributed by atoms with van der Waals surface area (Å²) in [6.07, 6.45) is 3.28. The maximum Gasteiger partial charge on any atom is 0.340 e. The van der Waals surface area contributed by atoms with E-state index in [0.29, 0.717) is 12.2 Å². The normalized spacial score (nSPS) is 12.4. The monoisotopic (exact) mass is 331 g/mol. The van der Waals surface area contributed by atoms with Gasteiger partial charge in [-0.25, -0.2) is 4.79 Å². The van der Waals surface area contributed by atoms with Crippen LogP contribution in [0.1, 0.15) is 63.0 Å². The quantitative estimate of drug-likeness (QED) is 0.632. The molecule has 0 N–H and O–H groups in total. The standard InChI is InChI=1S/C20H29NO3/c1-6-9-14(4)24-16-10-11-18-17(13-16)19(20(22)23-8-3)15(5)21(18)12-7-2/h10-11,13-14H,6-9,12H2,1-5H3. The van der Waals surface area contributed by atoms with E-state index in [0.717, 1.165) is 48.2 Å². The van der Waals surface area contributed by atoms with E-state index in [1.807, 2.05) is 26.0 Å². The lowest BCUT2D eigenvalue weighted by atomic mass is 10.1. The van der Waals surface area contributed by atoms with E-state index in [4.69, 9.17) is 9.47 Å². The highest BCUT2D eigenvalue weighted by Gasteiger charge is 2.21. The Morgan fingerprint density at radius 2 is 1.96 bits per heavy atom. The van der Waals surface area contributed by atoms with Crippen LogP contribution in [0.15, 0.2) is 18.2 Å². The molecule has 2 rings (SSSR count). The summed E-state index contributed by atoms with van der Waals surface area (Å²) >= 11 is 0. The van der Waals surface area contributed by atoms with Gasteiger partial charge in [0.1, 0.15) is 5.75 Å². The van der Waals surface area contributed by atoms with E-state index in [9.17, 15) is 4.79 Å². The van der Waals surface area contributed by atoms with Crippen LogP contribution >= 0.6 is 0 Å². The van der Waals surface area contributed by atoms with E-state index in [1.165, 1.54) is 0 Å². The van der Waals surface area contributed by atoms with Gasteiger partial charge in [0, 0.05) is 23.1 Å². The third kappa shape index (κ3) is 3.74. The minimum atomic E-state index is -0.256. The summed E-state index contributed by atoms with van der Waals surface area (Å²) in [5.41, 5.74) is 2.69. The van der Waals surface area contributed by atoms with Crippen LogP contribution in [0.2, 0.25) is 0 Å². The molecule has 2 aromatic rings. The van der Waals surface area contributed by atoms with Crippen LogP contribution < -0.4 is 4.74 Å². The Bertz CT molecular complexity index is 702. The van der Waals surface area contributed by atoms with Crippen molar-refractivity contribution in [2.24, 2.45) is 0 Å². The average molecular weight is 331 g/mol. The molecular weight excluding hydrogens is 302 g/mol. The number of hydrogen-bond donors (Lipinski definition) is 0. The second-order valence-electron chi connectivity index (χ2n) is 6.23. The van der Waals surface area contributed by atoms with Gasteiger partial charge in [0.05, 0.1) is 18.3 Å². The van der Waals surface area contributed by atoms with E-state index in [2.05, 4.69) is 31.4 Å². The maximum atomic E-state index is 12.5. The molecule has 0 saturated heterocycles. The van der Waals surface area contributed by atoms with Crippen molar-refractivity contribution >= 4 is 16.9 Å². The van der Waals surface area contributed by atoms with Gasteiger partial charge in [-0.1, -0.05) is 20.3 Å². The SMILES string of the molecule is CCCC(C)Oc1ccc2c(c1)c(C(=O)OCC)c(C)n2CCC. The second-order valence-corrected chi connectivity index (χ2v) is 6.23. The molecule has 1 heterocycles. The molecule has 132 valence electrons. The summed E-state index contributed by atoms with van der Waals surface area (Å²) in [6, 6.07) is 6.02. The van der Waals surface area contributed by atoms with Crippen LogP contribution in [0.25, 0.3) is 10.9 Å². The second kappa shape index (κ2) is 8.22. The van der Waals surface area contributed by atoms with Gasteiger partial charge >= 0.3 is 5.97 Å². The van der Waals surface area contributed by atoms with Crippen LogP contribution in [0.3, 0.4) is 0 Å². The molecule has 24 heavy (non-hydrogen) atoms. The van der Waals surface area contributed by atoms with Crippen LogP contribution in [-0.2, 0) is 11.3 Å². The van der Waals surface area contributed by atoms with Gasteiger partial charge in [0.15, 0.2) is 0 Å². The molecule has 1 aromatic carbocycles. The predicted octanol–water partition coefficient (Wildman–Crippen LogP) is 5.10. The smallest absolute Gasteiger partial charge is 0.340 e. The third-order valence-corrected chi connectivity index (χ3v) is 4.25. The molecule has 4 nitrogen and oxygen atoms in total. The number of aryl methyl sites for hydroxylation is 1. The van der Waals surface area contributed by atoms with Gasteiger partial charge in [-0.05, 0) is 51.8 Å². The number of hydrogen-bond acceptors (Lipinski definition) is 3. The summed E-state index contributed by atoms with van der Waals surface area (Å²) < 4.78 is 13.5. The fourth-order valence-corrected chi connectivity index (χ4v) is 3.21. The van der Waals surface area contributed by atoms with E-state index in [-0.39, 0.29) is 12.1 Å². The largest absolute Gasteiger partial charge is 0.491 e. The summed E-state index contributed by atoms with van der Waals surface area (Å²) in [7, 11) is 0. The summed E-state index contributed by atoms with van der Waals surface area (Å²) in [4.78, 5) is 12.5. The number of benzene rings is 1. The minimum Gasteiger partial charge on any atom is -0.491 e. The summed E-state index contributed by atoms with van der Waals surface area (Å²) in [6.45, 7) is 11.4. The van der Waals surface area contributed by atoms with Crippen molar-refractivity contribution in [2.75, 3.05) is 6.61 Å². The molecule has 0 aliphatic heterocycles. The van der Waals surface area contributed by atoms with E-state index in [1.54, 1.807) is 0 Å². The molecule has 1 unspecified atom stereocenters. The molecule has 0 amide bonds. The minimum absolute atomic E-state index is 0.164. The highest BCUT2D eigenvalue weighted by atomic mass is 16.5. The first-order valence-electron chi connectivity index (χ1n) is 9.00. The van der Waals surface area contributed by atoms with Gasteiger partial charge in [-0.3, -0.25) is 0 Å². The van der Waals surface area contributed by atoms with E-state index < -0.39 is 0 Å². The maximum absolute atomic E-state index is 12.5. The molecule has 1 aromatic heterocycles. The number of esters is 1. The zero-order chi connectivity index (χ0) is 17.7. The molecule has 0 aliphatic carbocycles. The molecule has 0 aliphatic rings. The number of rotatable bonds is 8. The Morgan fingerprint density at radius 1 is 1.21 bits per heavy atom. The topological polar surface area (TPSA) is 40.5 Å². The first-order valence-corrected chi connectivity index (χ1v) is 9.00. The molecular formula is C20H29NO3. The molecule has 0 spiro atoms. The Kier molecular flexibility index (Phi) is 6.29. The van der Waals surface area contributed by atoms with Crippen molar-refractivity contribution in [3.05, 3.63) is 29.5 Å². The van der Waals surface area contributed by atoms with Crippen molar-refractivity contribution < 1.29 is 14.3 Å². The highest BCUT2D eigenvalue weighted by Crippen LogP contribution is 2.31. The van der Waals surface area contributed by atoms with Crippen molar-refractivity contribution in [3.8, 4) is 5.75 Å². The number of carbonyl (C=O) groups excluding carboxylic acids is 1. The van der Waals surface area contributed by atoms with Gasteiger partial charge in [0.2, 0.25) is 0 Å². The Morgan fingerprint density at radius 3 is 2.58 bits per heavy atom. The van der Waals surface area contributed by atoms with Crippen molar-refractivity contribution in [1.82, 2.24) is 4.57 Å². The third-order valence-electron chi connectivity index (χ3n) is 4.25. The molecule has 1 atom stereocenters. The lowest BCUT2D eigenvalue weighted by Gasteiger charge is -2.14. The van der Waals surface area contributed by atoms with Crippen LogP contribution in [-0.4, -0.2) is 23.2 Å². The van der Waals surface area contributed by atoms with Gasteiger partial charge in [-0.15, -0.1) is 0 Å². The lowest BCUT2D eigenvalue weighted by molar-refractivity contribution is 0.0527. The van der Waals surface area contributed by atoms with Crippen molar-refractivity contribution in [2.45, 2.75) is 66.5 Å². The lowest BCUT2D eigenvalue weighted by Crippen LogP contribution is -2.11. The van der Waals surface area contributed by atoms with Crippen molar-refractivity contribution in [3.63, 3.8) is 0 Å². The molecule has 4 heteroatoms. The summed E-state index contributed by atoms with van der Waals surface area (Å²) in [5.74, 6) is 0.552. The number of fused-ring (bicyclic) bond motifs is 1. The number of carbonyl (C=O) groups is 1. The van der Waals surface area contributed by atoms with Crippen LogP contribution in [0.4, 0.5) is 0 Å². The molecule has 0 saturated carbocycles. The van der Waals surface area contributed by atoms with Gasteiger partial charge < -0.3 is 14.0 Å². The van der Waals surface area contributed by atoms with Gasteiger partial charge in [-0.2, -0.15) is 0 Å². The number of aromatic nitrogens is 1. The predicted molar refractivity (Wildman–Crippen MR) is 97.9 cm³/mol. The Labute approximate surface area is 144 Å². The van der Waals surface area contributed by atoms with E-state index >= 15 is 0 Å². The highest BCUT2D eigenvalue weighted by molar-refractivity contribution is 6.06. The molecule has 0 radical (unpaired) electrons. The fraction of sp³-hybridized carbons (Fsp3) is 0.550. The summed E-state index contributed by atoms with van der Waals surface area (Å²) in [5, 5.41) is 0.917. The molecule has 0 fully saturated rings. The molecule has 0 bridgehead atoms. The average Bonchev–Trinajstić information content (AvgIpc) is 2.80. The number of ether oxygens (including phenoxy) is 2. The first-order chi connectivity index (χ1) is 11.5. The first kappa shape index (κ1) is 18.4. The number of nitrogens with zero attached hydrogens (tertiary/aromatic N) is 1. The zero-order valence-corrected chi connectivity index (χ0v) is 15.5. The van der Waals surface area contributed by atoms with Crippen LogP contribution in [0.5, 0.6) is 5.75 Å². The Balaban J connectivity index is 2.51. The Hall–Kier alpha value is -1.97. The van der Waals surface area contributed by atoms with Crippen LogP contribution in [0, 0.1) is 6.92 Å². The van der Waals surface area contributed by atoms with Crippen molar-refractivity contribution in [1.29, 1.82) is 0 Å².